The zero-order valence-electron chi connectivity index (χ0n) is 18.7. The maximum Gasteiger partial charge on any atom is 0.357 e. The number of rotatable bonds is 11. The van der Waals surface area contributed by atoms with E-state index in [0.29, 0.717) is 25.4 Å². The highest BCUT2D eigenvalue weighted by atomic mass is 32.1. The van der Waals surface area contributed by atoms with Gasteiger partial charge in [0.05, 0.1) is 19.1 Å². The average molecular weight is 451 g/mol. The lowest BCUT2D eigenvalue weighted by Crippen LogP contribution is -2.36. The third kappa shape index (κ3) is 6.26. The van der Waals surface area contributed by atoms with Crippen LogP contribution < -0.4 is 0 Å². The predicted octanol–water partition coefficient (Wildman–Crippen LogP) is 5.67. The van der Waals surface area contributed by atoms with Crippen LogP contribution in [0.5, 0.6) is 0 Å². The second-order valence-electron chi connectivity index (χ2n) is 7.57. The molecule has 0 saturated carbocycles. The zero-order chi connectivity index (χ0) is 22.8. The fraction of sp³-hybridized carbons (Fsp3) is 0.346. The first kappa shape index (κ1) is 23.7. The molecule has 3 rings (SSSR count). The van der Waals surface area contributed by atoms with E-state index in [1.807, 2.05) is 65.6 Å². The van der Waals surface area contributed by atoms with E-state index in [2.05, 4.69) is 11.9 Å². The molecule has 0 aliphatic carbocycles. The van der Waals surface area contributed by atoms with E-state index < -0.39 is 5.97 Å². The van der Waals surface area contributed by atoms with Crippen LogP contribution in [0, 0.1) is 0 Å². The molecule has 32 heavy (non-hydrogen) atoms. The van der Waals surface area contributed by atoms with Gasteiger partial charge in [0.15, 0.2) is 5.69 Å². The summed E-state index contributed by atoms with van der Waals surface area (Å²) >= 11 is 1.39. The van der Waals surface area contributed by atoms with Crippen LogP contribution in [0.25, 0.3) is 0 Å². The third-order valence-electron chi connectivity index (χ3n) is 5.22. The summed E-state index contributed by atoms with van der Waals surface area (Å²) in [4.78, 5) is 32.2. The van der Waals surface area contributed by atoms with Crippen molar-refractivity contribution in [3.8, 4) is 0 Å². The predicted molar refractivity (Wildman–Crippen MR) is 128 cm³/mol. The Kier molecular flexibility index (Phi) is 8.99. The van der Waals surface area contributed by atoms with Gasteiger partial charge in [-0.1, -0.05) is 80.4 Å². The number of esters is 1. The van der Waals surface area contributed by atoms with Gasteiger partial charge in [0.2, 0.25) is 5.91 Å². The molecule has 0 N–H and O–H groups in total. The minimum atomic E-state index is -0.426. The fourth-order valence-electron chi connectivity index (χ4n) is 3.62. The highest BCUT2D eigenvalue weighted by molar-refractivity contribution is 7.09. The summed E-state index contributed by atoms with van der Waals surface area (Å²) in [5.74, 6) is -0.764. The number of amides is 1. The fourth-order valence-corrected chi connectivity index (χ4v) is 4.39. The molecule has 0 aliphatic heterocycles. The maximum absolute atomic E-state index is 13.9. The molecule has 0 unspecified atom stereocenters. The number of aromatic nitrogens is 1. The van der Waals surface area contributed by atoms with Gasteiger partial charge < -0.3 is 9.64 Å². The lowest BCUT2D eigenvalue weighted by Gasteiger charge is -2.27. The van der Waals surface area contributed by atoms with E-state index in [-0.39, 0.29) is 11.8 Å². The molecule has 0 fully saturated rings. The first-order valence-corrected chi connectivity index (χ1v) is 12.0. The van der Waals surface area contributed by atoms with E-state index >= 15 is 0 Å². The Morgan fingerprint density at radius 3 is 2.16 bits per heavy atom. The number of thiazole rings is 1. The monoisotopic (exact) mass is 450 g/mol. The highest BCUT2D eigenvalue weighted by Gasteiger charge is 2.28. The normalized spacial score (nSPS) is 10.8. The largest absolute Gasteiger partial charge is 0.461 e. The van der Waals surface area contributed by atoms with Gasteiger partial charge >= 0.3 is 5.97 Å². The Bertz CT molecular complexity index is 949. The van der Waals surface area contributed by atoms with E-state index in [9.17, 15) is 9.59 Å². The number of hydrogen-bond acceptors (Lipinski definition) is 5. The Hall–Kier alpha value is -2.99. The first-order chi connectivity index (χ1) is 15.6. The van der Waals surface area contributed by atoms with Gasteiger partial charge in [-0.2, -0.15) is 0 Å². The van der Waals surface area contributed by atoms with E-state index in [0.717, 1.165) is 35.4 Å². The molecule has 0 saturated heterocycles. The quantitative estimate of drug-likeness (QED) is 0.279. The molecule has 5 nitrogen and oxygen atoms in total. The van der Waals surface area contributed by atoms with Crippen LogP contribution >= 0.6 is 11.3 Å². The van der Waals surface area contributed by atoms with Gasteiger partial charge in [0, 0.05) is 11.9 Å². The van der Waals surface area contributed by atoms with Gasteiger partial charge in [0.1, 0.15) is 5.01 Å². The number of carbonyl (C=O) groups is 2. The van der Waals surface area contributed by atoms with Crippen LogP contribution in [-0.4, -0.2) is 34.9 Å². The first-order valence-electron chi connectivity index (χ1n) is 11.1. The number of benzene rings is 2. The third-order valence-corrected chi connectivity index (χ3v) is 6.05. The molecule has 0 atom stereocenters. The Morgan fingerprint density at radius 1 is 0.969 bits per heavy atom. The molecule has 0 bridgehead atoms. The minimum absolute atomic E-state index is 0.0476. The number of nitrogens with zero attached hydrogens (tertiary/aromatic N) is 2. The lowest BCUT2D eigenvalue weighted by atomic mass is 9.90. The van der Waals surface area contributed by atoms with Crippen LogP contribution in [0.1, 0.15) is 65.7 Å². The molecule has 1 heterocycles. The summed E-state index contributed by atoms with van der Waals surface area (Å²) in [6, 6.07) is 19.8. The van der Waals surface area contributed by atoms with Crippen LogP contribution in [-0.2, 0) is 16.1 Å². The number of carbonyl (C=O) groups excluding carboxylic acids is 2. The van der Waals surface area contributed by atoms with Gasteiger partial charge in [-0.15, -0.1) is 11.3 Å². The van der Waals surface area contributed by atoms with Gasteiger partial charge in [-0.3, -0.25) is 4.79 Å². The second-order valence-corrected chi connectivity index (χ2v) is 8.51. The van der Waals surface area contributed by atoms with Crippen molar-refractivity contribution in [1.82, 2.24) is 9.88 Å². The summed E-state index contributed by atoms with van der Waals surface area (Å²) in [6.07, 6.45) is 3.05. The van der Waals surface area contributed by atoms with Crippen molar-refractivity contribution in [2.45, 2.75) is 45.6 Å². The summed E-state index contributed by atoms with van der Waals surface area (Å²) in [6.45, 7) is 5.26. The maximum atomic E-state index is 13.9. The molecule has 0 spiro atoms. The van der Waals surface area contributed by atoms with Crippen LogP contribution in [0.4, 0.5) is 0 Å². The van der Waals surface area contributed by atoms with Crippen molar-refractivity contribution < 1.29 is 14.3 Å². The lowest BCUT2D eigenvalue weighted by molar-refractivity contribution is -0.132. The average Bonchev–Trinajstić information content (AvgIpc) is 3.29. The smallest absolute Gasteiger partial charge is 0.357 e. The molecule has 1 aromatic heterocycles. The summed E-state index contributed by atoms with van der Waals surface area (Å²) in [7, 11) is 0. The molecule has 6 heteroatoms. The molecular formula is C26H30N2O3S. The van der Waals surface area contributed by atoms with E-state index in [1.54, 1.807) is 12.3 Å². The van der Waals surface area contributed by atoms with Crippen LogP contribution in [0.3, 0.4) is 0 Å². The molecular weight excluding hydrogens is 420 g/mol. The van der Waals surface area contributed by atoms with Crippen molar-refractivity contribution in [3.05, 3.63) is 87.9 Å². The second kappa shape index (κ2) is 12.2. The number of ether oxygens (including phenoxy) is 1. The number of hydrogen-bond donors (Lipinski definition) is 0. The Morgan fingerprint density at radius 2 is 1.59 bits per heavy atom. The van der Waals surface area contributed by atoms with Crippen molar-refractivity contribution in [2.75, 3.05) is 13.2 Å². The summed E-state index contributed by atoms with van der Waals surface area (Å²) < 4.78 is 5.05. The highest BCUT2D eigenvalue weighted by Crippen LogP contribution is 2.28. The molecule has 2 aromatic carbocycles. The van der Waals surface area contributed by atoms with E-state index in [1.165, 1.54) is 11.3 Å². The van der Waals surface area contributed by atoms with Gasteiger partial charge in [0.25, 0.3) is 0 Å². The van der Waals surface area contributed by atoms with Crippen molar-refractivity contribution in [3.63, 3.8) is 0 Å². The Labute approximate surface area is 194 Å². The minimum Gasteiger partial charge on any atom is -0.461 e. The summed E-state index contributed by atoms with van der Waals surface area (Å²) in [5.41, 5.74) is 2.24. The zero-order valence-corrected chi connectivity index (χ0v) is 19.5. The topological polar surface area (TPSA) is 59.5 Å². The SMILES string of the molecule is CCCCCN(Cc1nc(C(=O)OCC)cs1)C(=O)C(c1ccccc1)c1ccccc1. The van der Waals surface area contributed by atoms with Crippen molar-refractivity contribution >= 4 is 23.2 Å². The van der Waals surface area contributed by atoms with Crippen molar-refractivity contribution in [2.24, 2.45) is 0 Å². The van der Waals surface area contributed by atoms with Crippen LogP contribution in [0.2, 0.25) is 0 Å². The number of unbranched alkanes of at least 4 members (excludes halogenated alkanes) is 2. The molecule has 3 aromatic rings. The molecule has 0 radical (unpaired) electrons. The molecule has 1 amide bonds. The standard InChI is InChI=1S/C26H30N2O3S/c1-3-5-12-17-28(18-23-27-22(19-32-23)26(30)31-4-2)25(29)24(20-13-8-6-9-14-20)21-15-10-7-11-16-21/h6-11,13-16,19,24H,3-5,12,17-18H2,1-2H3. The van der Waals surface area contributed by atoms with E-state index in [4.69, 9.17) is 4.74 Å². The Balaban J connectivity index is 1.88. The molecule has 0 aliphatic rings. The summed E-state index contributed by atoms with van der Waals surface area (Å²) in [5, 5.41) is 2.44. The van der Waals surface area contributed by atoms with Crippen LogP contribution in [0.15, 0.2) is 66.0 Å². The van der Waals surface area contributed by atoms with Gasteiger partial charge in [-0.05, 0) is 24.5 Å². The van der Waals surface area contributed by atoms with Gasteiger partial charge in [-0.25, -0.2) is 9.78 Å². The molecule has 168 valence electrons. The van der Waals surface area contributed by atoms with Crippen molar-refractivity contribution in [1.29, 1.82) is 0 Å².